The van der Waals surface area contributed by atoms with Gasteiger partial charge in [0, 0.05) is 56.7 Å². The van der Waals surface area contributed by atoms with Crippen LogP contribution in [0.4, 0.5) is 0 Å². The number of nitrogens with zero attached hydrogens (tertiary/aromatic N) is 4. The van der Waals surface area contributed by atoms with Crippen LogP contribution in [-0.2, 0) is 27.4 Å². The Balaban J connectivity index is 0.0000109. The third-order valence-electron chi connectivity index (χ3n) is 12.9. The maximum atomic E-state index is 10.8. The summed E-state index contributed by atoms with van der Waals surface area (Å²) < 4.78 is 279. The minimum atomic E-state index is -6.33. The largest absolute Gasteiger partial charge is 0.510 e. The summed E-state index contributed by atoms with van der Waals surface area (Å²) in [5, 5.41) is -2.80. The smallest absolute Gasteiger partial charge is 0.268 e. The zero-order valence-electron chi connectivity index (χ0n) is 70.9. The Hall–Kier alpha value is -8.67. The second kappa shape index (κ2) is 21.3. The minimum absolute atomic E-state index is 0. The molecule has 0 radical (unpaired) electrons. The Bertz CT molecular complexity index is 5750. The van der Waals surface area contributed by atoms with E-state index in [1.54, 1.807) is 98.1 Å². The first kappa shape index (κ1) is 27.8. The van der Waals surface area contributed by atoms with E-state index in [-0.39, 0.29) is 83.1 Å². The van der Waals surface area contributed by atoms with Crippen molar-refractivity contribution in [3.63, 3.8) is 0 Å². The second-order valence-corrected chi connectivity index (χ2v) is 22.4. The molecular weight excluding hydrogens is 1160 g/mol. The Morgan fingerprint density at radius 1 is 0.608 bits per heavy atom. The van der Waals surface area contributed by atoms with Crippen LogP contribution in [0.5, 0.6) is 11.5 Å². The number of aryl methyl sites for hydroxylation is 1. The van der Waals surface area contributed by atoms with E-state index >= 15 is 0 Å². The number of ether oxygens (including phenoxy) is 1. The fourth-order valence-electron chi connectivity index (χ4n) is 9.69. The molecule has 3 aromatic heterocycles. The molecule has 0 atom stereocenters. The van der Waals surface area contributed by atoms with Crippen molar-refractivity contribution in [1.29, 1.82) is 0 Å². The number of benzene rings is 10. The predicted octanol–water partition coefficient (Wildman–Crippen LogP) is 14.2. The maximum Gasteiger partial charge on any atom is 0.268 e. The number of imidazole rings is 1. The van der Waals surface area contributed by atoms with E-state index < -0.39 is 198 Å². The van der Waals surface area contributed by atoms with Crippen molar-refractivity contribution >= 4 is 61.7 Å². The molecule has 0 spiro atoms. The van der Waals surface area contributed by atoms with Crippen LogP contribution in [0.15, 0.2) is 254 Å². The van der Waals surface area contributed by atoms with Gasteiger partial charge in [-0.05, 0) is 90.4 Å². The van der Waals surface area contributed by atoms with E-state index in [1.807, 2.05) is 6.07 Å². The predicted molar refractivity (Wildman–Crippen MR) is 322 cm³/mol. The number of fused-ring (bicyclic) bond motifs is 4. The van der Waals surface area contributed by atoms with Crippen molar-refractivity contribution < 1.29 is 70.1 Å². The Kier molecular flexibility index (Phi) is 7.48. The first-order chi connectivity index (χ1) is 50.2. The van der Waals surface area contributed by atoms with Crippen LogP contribution in [-0.4, -0.2) is 22.2 Å². The third-order valence-corrected chi connectivity index (χ3v) is 16.9. The van der Waals surface area contributed by atoms with Crippen LogP contribution < -0.4 is 30.1 Å². The molecule has 5 nitrogen and oxygen atoms in total. The molecule has 0 bridgehead atoms. The molecule has 7 heteroatoms. The topological polar surface area (TPSA) is 35.9 Å². The van der Waals surface area contributed by atoms with Gasteiger partial charge in [-0.3, -0.25) is 4.57 Å². The van der Waals surface area contributed by atoms with E-state index in [0.717, 1.165) is 6.20 Å². The molecule has 13 aromatic rings. The average molecular weight is 1250 g/mol. The van der Waals surface area contributed by atoms with E-state index in [2.05, 4.69) is 23.4 Å². The number of hydrogen-bond donors (Lipinski definition) is 0. The van der Waals surface area contributed by atoms with Crippen LogP contribution in [0.3, 0.4) is 0 Å². The van der Waals surface area contributed by atoms with Gasteiger partial charge in [0.15, 0.2) is 8.07 Å². The molecule has 3 heterocycles. The number of hydrogen-bond acceptors (Lipinski definition) is 2. The van der Waals surface area contributed by atoms with Gasteiger partial charge in [-0.1, -0.05) is 232 Å². The fraction of sp³-hybridized carbons (Fsp3) is 0.0833. The molecule has 13 rings (SSSR count). The first-order valence-corrected chi connectivity index (χ1v) is 26.3. The Labute approximate surface area is 518 Å². The summed E-state index contributed by atoms with van der Waals surface area (Å²) in [4.78, 5) is 4.66. The monoisotopic (exact) mass is 1240 g/mol. The quantitative estimate of drug-likeness (QED) is 0.0529. The SMILES string of the molecule is [2H]c1c([2H])c([2H])c(-c2cnc(-n3c4[c-]c(Oc5[c-]c(-n6[c-][n+](-c7c(-c8c([2H])c([2H])c([2H])c([Si](c9c([2H])c([2H])c([2H])c([2H])c9[2H])(c9c([2H])c([2H])c([2H])c([2H])c9[2H])c9c([2H])c([2H])c([2H])c([2H])c9[2H])c8[2H])cccc7C([2H])([2H])C(C)(C)C)c7ccccc76)ccc5)ccc4c4ccccc43)cc2C([2H])([2H])[2H])c([2H])c1[2H].[Pt]. The third kappa shape index (κ3) is 9.45. The van der Waals surface area contributed by atoms with Crippen molar-refractivity contribution in [2.24, 2.45) is 5.41 Å². The Morgan fingerprint density at radius 3 is 1.92 bits per heavy atom. The van der Waals surface area contributed by atoms with Crippen molar-refractivity contribution in [2.75, 3.05) is 0 Å². The molecule has 79 heavy (non-hydrogen) atoms. The molecule has 0 fully saturated rings. The fourth-order valence-corrected chi connectivity index (χ4v) is 13.3. The molecule has 0 aliphatic carbocycles. The molecule has 386 valence electrons. The standard InChI is InChI=1S/C72H56N4OSi.Pt/c1-51-44-70(73-49-65(51)52-24-9-5-10-25-52)76-66-39-18-17-37-63(66)64-43-42-57(47-69(64)76)77-56-29-23-28-55(46-56)74-50-75(68-41-20-19-40-67(68)74)71-54(48-72(2,3)4)27-22-38-62(71)53-26-21-36-61(45-53)78(58-30-11-6-12-31-58,59-32-13-7-14-33-59)60-34-15-8-16-35-60;/h5-45,49H,48H2,1-4H3;/q-2;/i1D3,5D,6D,7D,8D,9D,10D,11D,12D,13D,14D,15D,16D,21D,24D,25D,26D,30D,31D,32D,33D,34D,35D,36D,45D,48D2;. The first-order valence-electron chi connectivity index (χ1n) is 38.8. The molecule has 10 aromatic carbocycles. The molecule has 0 unspecified atom stereocenters. The second-order valence-electron chi connectivity index (χ2n) is 18.9. The zero-order valence-corrected chi connectivity index (χ0v) is 45.2. The van der Waals surface area contributed by atoms with Crippen molar-refractivity contribution in [3.05, 3.63) is 284 Å². The van der Waals surface area contributed by atoms with E-state index in [1.165, 1.54) is 33.4 Å². The number of rotatable bonds is 12. The van der Waals surface area contributed by atoms with E-state index in [4.69, 9.17) is 28.0 Å². The average Bonchev–Trinajstić information content (AvgIpc) is 0.821. The van der Waals surface area contributed by atoms with Crippen LogP contribution in [0.2, 0.25) is 0 Å². The van der Waals surface area contributed by atoms with Crippen LogP contribution in [0, 0.1) is 30.7 Å². The van der Waals surface area contributed by atoms with Crippen molar-refractivity contribution in [1.82, 2.24) is 14.1 Å². The van der Waals surface area contributed by atoms with Gasteiger partial charge in [0.2, 0.25) is 0 Å². The Morgan fingerprint density at radius 2 is 1.23 bits per heavy atom. The van der Waals surface area contributed by atoms with E-state index in [9.17, 15) is 16.4 Å². The molecule has 0 amide bonds. The van der Waals surface area contributed by atoms with Crippen molar-refractivity contribution in [3.8, 4) is 50.9 Å². The van der Waals surface area contributed by atoms with Crippen molar-refractivity contribution in [2.45, 2.75) is 34.0 Å². The zero-order chi connectivity index (χ0) is 78.0. The summed E-state index contributed by atoms with van der Waals surface area (Å²) in [7, 11) is -6.33. The summed E-state index contributed by atoms with van der Waals surface area (Å²) in [6.45, 7) is 1.93. The summed E-state index contributed by atoms with van der Waals surface area (Å²) >= 11 is 0. The van der Waals surface area contributed by atoms with E-state index in [0.29, 0.717) is 27.3 Å². The summed E-state index contributed by atoms with van der Waals surface area (Å²) in [6, 6.07) is 9.65. The molecular formula is C72H56N4OPtSi-2. The van der Waals surface area contributed by atoms with Crippen LogP contribution in [0.1, 0.15) is 71.7 Å². The van der Waals surface area contributed by atoms with Crippen LogP contribution >= 0.6 is 0 Å². The van der Waals surface area contributed by atoms with Gasteiger partial charge in [-0.2, -0.15) is 18.2 Å². The van der Waals surface area contributed by atoms with Gasteiger partial charge in [0.25, 0.3) is 6.33 Å². The number of pyridine rings is 1. The maximum absolute atomic E-state index is 10.8. The molecule has 0 aliphatic rings. The summed E-state index contributed by atoms with van der Waals surface area (Å²) in [5.41, 5.74) is -1.73. The molecule has 0 saturated carbocycles. The van der Waals surface area contributed by atoms with Gasteiger partial charge < -0.3 is 13.9 Å². The summed E-state index contributed by atoms with van der Waals surface area (Å²) in [5.74, 6) is 0.270. The summed E-state index contributed by atoms with van der Waals surface area (Å²) in [6.07, 6.45) is 2.05. The normalized spacial score (nSPS) is 17.3. The molecule has 0 saturated heterocycles. The van der Waals surface area contributed by atoms with Gasteiger partial charge >= 0.3 is 0 Å². The number of para-hydroxylation sites is 4. The number of aromatic nitrogens is 4. The van der Waals surface area contributed by atoms with Gasteiger partial charge in [-0.15, -0.1) is 29.7 Å². The molecule has 0 N–H and O–H groups in total. The minimum Gasteiger partial charge on any atom is -0.510 e. The van der Waals surface area contributed by atoms with Crippen LogP contribution in [0.25, 0.3) is 72.3 Å². The molecule has 0 aliphatic heterocycles. The van der Waals surface area contributed by atoms with Gasteiger partial charge in [0.05, 0.1) is 49.6 Å². The van der Waals surface area contributed by atoms with Gasteiger partial charge in [-0.25, -0.2) is 4.98 Å². The van der Waals surface area contributed by atoms with Gasteiger partial charge in [0.1, 0.15) is 5.82 Å².